The van der Waals surface area contributed by atoms with Crippen molar-refractivity contribution in [2.45, 2.75) is 51.9 Å². The van der Waals surface area contributed by atoms with Gasteiger partial charge < -0.3 is 10.5 Å². The van der Waals surface area contributed by atoms with Crippen LogP contribution in [0.5, 0.6) is 5.75 Å². The van der Waals surface area contributed by atoms with Crippen molar-refractivity contribution in [1.29, 1.82) is 0 Å². The summed E-state index contributed by atoms with van der Waals surface area (Å²) >= 11 is 6.57. The Hall–Kier alpha value is -0.730. The maximum Gasteiger partial charge on any atom is 0.141 e. The Morgan fingerprint density at radius 1 is 1.16 bits per heavy atom. The third kappa shape index (κ3) is 2.90. The second kappa shape index (κ2) is 6.62. The number of hydrogen-bond donors (Lipinski definition) is 1. The molecule has 0 aliphatic heterocycles. The Balaban J connectivity index is 2.42. The molecule has 1 aliphatic rings. The largest absolute Gasteiger partial charge is 0.495 e. The van der Waals surface area contributed by atoms with Crippen molar-refractivity contribution in [3.63, 3.8) is 0 Å². The second-order valence-electron chi connectivity index (χ2n) is 5.36. The fourth-order valence-electron chi connectivity index (χ4n) is 3.14. The van der Waals surface area contributed by atoms with Gasteiger partial charge in [0, 0.05) is 0 Å². The van der Waals surface area contributed by atoms with Crippen LogP contribution in [0.4, 0.5) is 0 Å². The van der Waals surface area contributed by atoms with Crippen LogP contribution in [-0.4, -0.2) is 13.7 Å². The van der Waals surface area contributed by atoms with Gasteiger partial charge >= 0.3 is 0 Å². The summed E-state index contributed by atoms with van der Waals surface area (Å²) in [6.07, 6.45) is 7.93. The summed E-state index contributed by atoms with van der Waals surface area (Å²) in [5.74, 6) is 0.900. The summed E-state index contributed by atoms with van der Waals surface area (Å²) in [4.78, 5) is 0. The SMILES string of the molecule is COc1c(Cl)c2c(c(C)c1CCCCN)CCCC2. The van der Waals surface area contributed by atoms with E-state index in [0.29, 0.717) is 0 Å². The molecule has 106 valence electrons. The predicted octanol–water partition coefficient (Wildman–Crippen LogP) is 3.82. The van der Waals surface area contributed by atoms with Crippen LogP contribution >= 0.6 is 11.6 Å². The molecule has 2 nitrogen and oxygen atoms in total. The maximum atomic E-state index is 6.57. The number of nitrogens with two attached hydrogens (primary N) is 1. The summed E-state index contributed by atoms with van der Waals surface area (Å²) in [6, 6.07) is 0. The lowest BCUT2D eigenvalue weighted by molar-refractivity contribution is 0.407. The molecule has 0 unspecified atom stereocenters. The molecule has 0 radical (unpaired) electrons. The number of methoxy groups -OCH3 is 1. The fraction of sp³-hybridized carbons (Fsp3) is 0.625. The highest BCUT2D eigenvalue weighted by molar-refractivity contribution is 6.33. The van der Waals surface area contributed by atoms with Gasteiger partial charge in [-0.2, -0.15) is 0 Å². The normalized spacial score (nSPS) is 14.3. The lowest BCUT2D eigenvalue weighted by Crippen LogP contribution is -2.10. The average molecular weight is 282 g/mol. The molecule has 0 saturated heterocycles. The van der Waals surface area contributed by atoms with Gasteiger partial charge in [-0.25, -0.2) is 0 Å². The van der Waals surface area contributed by atoms with Crippen LogP contribution in [0.3, 0.4) is 0 Å². The first-order chi connectivity index (χ1) is 9.20. The van der Waals surface area contributed by atoms with Crippen molar-refractivity contribution in [3.8, 4) is 5.75 Å². The monoisotopic (exact) mass is 281 g/mol. The molecule has 0 aromatic heterocycles. The highest BCUT2D eigenvalue weighted by atomic mass is 35.5. The zero-order valence-electron chi connectivity index (χ0n) is 12.0. The number of hydrogen-bond acceptors (Lipinski definition) is 2. The molecule has 19 heavy (non-hydrogen) atoms. The Labute approximate surface area is 121 Å². The van der Waals surface area contributed by atoms with Gasteiger partial charge in [0.25, 0.3) is 0 Å². The molecule has 0 atom stereocenters. The molecule has 0 spiro atoms. The number of halogens is 1. The van der Waals surface area contributed by atoms with E-state index in [-0.39, 0.29) is 0 Å². The molecular weight excluding hydrogens is 258 g/mol. The Kier molecular flexibility index (Phi) is 5.12. The lowest BCUT2D eigenvalue weighted by Gasteiger charge is -2.25. The van der Waals surface area contributed by atoms with Crippen molar-refractivity contribution in [3.05, 3.63) is 27.3 Å². The molecule has 0 saturated carbocycles. The van der Waals surface area contributed by atoms with Crippen LogP contribution in [-0.2, 0) is 19.3 Å². The minimum absolute atomic E-state index is 0.750. The molecule has 3 heteroatoms. The second-order valence-corrected chi connectivity index (χ2v) is 5.74. The Bertz CT molecular complexity index is 457. The van der Waals surface area contributed by atoms with E-state index in [9.17, 15) is 0 Å². The zero-order valence-corrected chi connectivity index (χ0v) is 12.8. The van der Waals surface area contributed by atoms with Crippen molar-refractivity contribution in [2.24, 2.45) is 5.73 Å². The number of rotatable bonds is 5. The number of fused-ring (bicyclic) bond motifs is 1. The average Bonchev–Trinajstić information content (AvgIpc) is 2.44. The van der Waals surface area contributed by atoms with Gasteiger partial charge in [0.15, 0.2) is 0 Å². The Morgan fingerprint density at radius 3 is 2.47 bits per heavy atom. The van der Waals surface area contributed by atoms with Crippen molar-refractivity contribution in [1.82, 2.24) is 0 Å². The van der Waals surface area contributed by atoms with Crippen LogP contribution in [0, 0.1) is 6.92 Å². The standard InChI is InChI=1S/C16H24ClNO/c1-11-12-7-3-4-9-14(12)15(17)16(19-2)13(11)8-5-6-10-18/h3-10,18H2,1-2H3. The molecule has 0 fully saturated rings. The fourth-order valence-corrected chi connectivity index (χ4v) is 3.54. The van der Waals surface area contributed by atoms with Gasteiger partial charge in [-0.15, -0.1) is 0 Å². The van der Waals surface area contributed by atoms with E-state index in [4.69, 9.17) is 22.1 Å². The van der Waals surface area contributed by atoms with Crippen LogP contribution < -0.4 is 10.5 Å². The van der Waals surface area contributed by atoms with E-state index in [1.807, 2.05) is 0 Å². The summed E-state index contributed by atoms with van der Waals surface area (Å²) in [5, 5.41) is 0.852. The van der Waals surface area contributed by atoms with Crippen molar-refractivity contribution >= 4 is 11.6 Å². The smallest absolute Gasteiger partial charge is 0.141 e. The van der Waals surface area contributed by atoms with E-state index in [1.54, 1.807) is 7.11 Å². The predicted molar refractivity (Wildman–Crippen MR) is 81.4 cm³/mol. The summed E-state index contributed by atoms with van der Waals surface area (Å²) in [7, 11) is 1.72. The number of unbranched alkanes of at least 4 members (excludes halogenated alkanes) is 1. The van der Waals surface area contributed by atoms with Gasteiger partial charge in [0.1, 0.15) is 5.75 Å². The first kappa shape index (κ1) is 14.7. The Morgan fingerprint density at radius 2 is 1.84 bits per heavy atom. The van der Waals surface area contributed by atoms with Gasteiger partial charge in [-0.3, -0.25) is 0 Å². The highest BCUT2D eigenvalue weighted by Gasteiger charge is 2.22. The van der Waals surface area contributed by atoms with Crippen LogP contribution in [0.25, 0.3) is 0 Å². The van der Waals surface area contributed by atoms with E-state index in [2.05, 4.69) is 6.92 Å². The van der Waals surface area contributed by atoms with E-state index in [0.717, 1.165) is 49.4 Å². The minimum Gasteiger partial charge on any atom is -0.495 e. The number of benzene rings is 1. The van der Waals surface area contributed by atoms with Crippen LogP contribution in [0.1, 0.15) is 47.9 Å². The van der Waals surface area contributed by atoms with Crippen molar-refractivity contribution in [2.75, 3.05) is 13.7 Å². The van der Waals surface area contributed by atoms with Gasteiger partial charge in [0.05, 0.1) is 12.1 Å². The molecule has 0 bridgehead atoms. The molecule has 0 heterocycles. The maximum absolute atomic E-state index is 6.57. The summed E-state index contributed by atoms with van der Waals surface area (Å²) < 4.78 is 5.59. The summed E-state index contributed by atoms with van der Waals surface area (Å²) in [6.45, 7) is 2.97. The first-order valence-corrected chi connectivity index (χ1v) is 7.65. The summed E-state index contributed by atoms with van der Waals surface area (Å²) in [5.41, 5.74) is 11.1. The minimum atomic E-state index is 0.750. The van der Waals surface area contributed by atoms with Crippen LogP contribution in [0.15, 0.2) is 0 Å². The van der Waals surface area contributed by atoms with E-state index >= 15 is 0 Å². The highest BCUT2D eigenvalue weighted by Crippen LogP contribution is 2.41. The van der Waals surface area contributed by atoms with Gasteiger partial charge in [-0.05, 0) is 80.7 Å². The van der Waals surface area contributed by atoms with Gasteiger partial charge in [0.2, 0.25) is 0 Å². The van der Waals surface area contributed by atoms with E-state index in [1.165, 1.54) is 35.1 Å². The topological polar surface area (TPSA) is 35.2 Å². The van der Waals surface area contributed by atoms with Crippen LogP contribution in [0.2, 0.25) is 5.02 Å². The zero-order chi connectivity index (χ0) is 13.8. The molecule has 0 amide bonds. The third-order valence-electron chi connectivity index (χ3n) is 4.20. The molecule has 2 rings (SSSR count). The third-order valence-corrected chi connectivity index (χ3v) is 4.60. The van der Waals surface area contributed by atoms with Gasteiger partial charge in [-0.1, -0.05) is 11.6 Å². The molecule has 2 N–H and O–H groups in total. The molecule has 1 aliphatic carbocycles. The molecule has 1 aromatic carbocycles. The quantitative estimate of drug-likeness (QED) is 0.833. The lowest BCUT2D eigenvalue weighted by atomic mass is 9.84. The van der Waals surface area contributed by atoms with Crippen molar-refractivity contribution < 1.29 is 4.74 Å². The molecular formula is C16H24ClNO. The molecule has 1 aromatic rings. The number of ether oxygens (including phenoxy) is 1. The first-order valence-electron chi connectivity index (χ1n) is 7.27. The van der Waals surface area contributed by atoms with E-state index < -0.39 is 0 Å².